The van der Waals surface area contributed by atoms with Crippen molar-refractivity contribution in [3.63, 3.8) is 0 Å². The summed E-state index contributed by atoms with van der Waals surface area (Å²) in [7, 11) is 1.73. The van der Waals surface area contributed by atoms with Crippen LogP contribution in [0, 0.1) is 5.92 Å². The van der Waals surface area contributed by atoms with Gasteiger partial charge in [0, 0.05) is 63.7 Å². The summed E-state index contributed by atoms with van der Waals surface area (Å²) >= 11 is 5.82. The number of benzene rings is 1. The van der Waals surface area contributed by atoms with Gasteiger partial charge >= 0.3 is 0 Å². The summed E-state index contributed by atoms with van der Waals surface area (Å²) in [4.78, 5) is 16.2. The molecular weight excluding hydrogens is 380 g/mol. The number of nitrogens with one attached hydrogen (secondary N) is 3. The van der Waals surface area contributed by atoms with Crippen LogP contribution in [0.5, 0.6) is 0 Å². The molecule has 2 rings (SSSR count). The lowest BCUT2D eigenvalue weighted by Gasteiger charge is -2.21. The van der Waals surface area contributed by atoms with Crippen molar-refractivity contribution in [3.05, 3.63) is 34.9 Å². The predicted octanol–water partition coefficient (Wildman–Crippen LogP) is 2.07. The Morgan fingerprint density at radius 3 is 2.54 bits per heavy atom. The molecule has 0 radical (unpaired) electrons. The summed E-state index contributed by atoms with van der Waals surface area (Å²) in [5.74, 6) is 1.23. The maximum Gasteiger partial charge on any atom is 0.251 e. The second-order valence-corrected chi connectivity index (χ2v) is 7.11. The highest BCUT2D eigenvalue weighted by Gasteiger charge is 2.13. The summed E-state index contributed by atoms with van der Waals surface area (Å²) in [5, 5.41) is 9.89. The lowest BCUT2D eigenvalue weighted by Crippen LogP contribution is -2.42. The maximum absolute atomic E-state index is 12.0. The third-order valence-electron chi connectivity index (χ3n) is 4.49. The quantitative estimate of drug-likeness (QED) is 0.312. The van der Waals surface area contributed by atoms with Crippen molar-refractivity contribution >= 4 is 23.5 Å². The van der Waals surface area contributed by atoms with E-state index in [1.165, 1.54) is 0 Å². The summed E-state index contributed by atoms with van der Waals surface area (Å²) in [5.41, 5.74) is 0.590. The van der Waals surface area contributed by atoms with Crippen molar-refractivity contribution in [1.29, 1.82) is 0 Å². The average molecular weight is 411 g/mol. The normalized spacial score (nSPS) is 15.3. The topological polar surface area (TPSA) is 84.0 Å². The molecule has 7 nitrogen and oxygen atoms in total. The molecular formula is C20H31ClN4O3. The van der Waals surface area contributed by atoms with Crippen LogP contribution in [0.15, 0.2) is 29.3 Å². The molecule has 1 heterocycles. The van der Waals surface area contributed by atoms with Crippen LogP contribution >= 0.6 is 11.6 Å². The number of carbonyl (C=O) groups is 1. The van der Waals surface area contributed by atoms with Gasteiger partial charge in [-0.15, -0.1) is 0 Å². The Labute approximate surface area is 172 Å². The molecule has 1 aliphatic rings. The monoisotopic (exact) mass is 410 g/mol. The second kappa shape index (κ2) is 13.4. The van der Waals surface area contributed by atoms with Gasteiger partial charge in [0.25, 0.3) is 5.91 Å². The SMILES string of the molecule is CN=C(NCCCOCC1CCOCC1)NCCNC(=O)c1ccc(Cl)cc1. The molecule has 0 aliphatic carbocycles. The van der Waals surface area contributed by atoms with Crippen LogP contribution in [-0.4, -0.2) is 65.0 Å². The van der Waals surface area contributed by atoms with E-state index in [-0.39, 0.29) is 5.91 Å². The Hall–Kier alpha value is -1.83. The van der Waals surface area contributed by atoms with Gasteiger partial charge in [-0.1, -0.05) is 11.6 Å². The van der Waals surface area contributed by atoms with Crippen molar-refractivity contribution in [1.82, 2.24) is 16.0 Å². The van der Waals surface area contributed by atoms with Crippen LogP contribution in [0.25, 0.3) is 0 Å². The van der Waals surface area contributed by atoms with Crippen molar-refractivity contribution in [3.8, 4) is 0 Å². The van der Waals surface area contributed by atoms with Crippen LogP contribution in [0.3, 0.4) is 0 Å². The molecule has 0 saturated carbocycles. The largest absolute Gasteiger partial charge is 0.381 e. The maximum atomic E-state index is 12.0. The molecule has 0 atom stereocenters. The van der Waals surface area contributed by atoms with Crippen molar-refractivity contribution < 1.29 is 14.3 Å². The van der Waals surface area contributed by atoms with Crippen molar-refractivity contribution in [2.45, 2.75) is 19.3 Å². The third kappa shape index (κ3) is 8.91. The van der Waals surface area contributed by atoms with Crippen LogP contribution in [0.4, 0.5) is 0 Å². The molecule has 1 fully saturated rings. The fraction of sp³-hybridized carbons (Fsp3) is 0.600. The minimum Gasteiger partial charge on any atom is -0.381 e. The van der Waals surface area contributed by atoms with Crippen LogP contribution in [-0.2, 0) is 9.47 Å². The molecule has 1 saturated heterocycles. The summed E-state index contributed by atoms with van der Waals surface area (Å²) in [6.07, 6.45) is 3.12. The fourth-order valence-corrected chi connectivity index (χ4v) is 2.95. The van der Waals surface area contributed by atoms with Gasteiger partial charge < -0.3 is 25.4 Å². The number of amides is 1. The van der Waals surface area contributed by atoms with E-state index < -0.39 is 0 Å². The number of carbonyl (C=O) groups excluding carboxylic acids is 1. The van der Waals surface area contributed by atoms with Crippen LogP contribution in [0.2, 0.25) is 5.02 Å². The highest BCUT2D eigenvalue weighted by Crippen LogP contribution is 2.14. The number of hydrogen-bond acceptors (Lipinski definition) is 4. The van der Waals surface area contributed by atoms with Gasteiger partial charge in [0.1, 0.15) is 0 Å². The highest BCUT2D eigenvalue weighted by molar-refractivity contribution is 6.30. The number of rotatable bonds is 10. The molecule has 1 aromatic rings. The van der Waals surface area contributed by atoms with Gasteiger partial charge in [-0.05, 0) is 49.4 Å². The van der Waals surface area contributed by atoms with Gasteiger partial charge in [0.2, 0.25) is 0 Å². The summed E-state index contributed by atoms with van der Waals surface area (Å²) in [6.45, 7) is 5.14. The van der Waals surface area contributed by atoms with E-state index in [4.69, 9.17) is 21.1 Å². The molecule has 1 amide bonds. The van der Waals surface area contributed by atoms with Gasteiger partial charge in [0.15, 0.2) is 5.96 Å². The molecule has 0 unspecified atom stereocenters. The first-order valence-electron chi connectivity index (χ1n) is 9.83. The number of ether oxygens (including phenoxy) is 2. The third-order valence-corrected chi connectivity index (χ3v) is 4.74. The molecule has 156 valence electrons. The van der Waals surface area contributed by atoms with Crippen molar-refractivity contribution in [2.75, 3.05) is 53.1 Å². The van der Waals surface area contributed by atoms with Gasteiger partial charge in [-0.25, -0.2) is 0 Å². The zero-order valence-electron chi connectivity index (χ0n) is 16.5. The Morgan fingerprint density at radius 2 is 1.82 bits per heavy atom. The Balaban J connectivity index is 1.49. The summed E-state index contributed by atoms with van der Waals surface area (Å²) < 4.78 is 11.1. The molecule has 0 spiro atoms. The lowest BCUT2D eigenvalue weighted by atomic mass is 10.0. The first-order chi connectivity index (χ1) is 13.7. The zero-order valence-corrected chi connectivity index (χ0v) is 17.3. The number of hydrogen-bond donors (Lipinski definition) is 3. The Bertz CT molecular complexity index is 604. The highest BCUT2D eigenvalue weighted by atomic mass is 35.5. The first kappa shape index (κ1) is 22.5. The molecule has 8 heteroatoms. The van der Waals surface area contributed by atoms with Crippen LogP contribution < -0.4 is 16.0 Å². The first-order valence-corrected chi connectivity index (χ1v) is 10.2. The minimum atomic E-state index is -0.122. The number of nitrogens with zero attached hydrogens (tertiary/aromatic N) is 1. The van der Waals surface area contributed by atoms with E-state index in [0.29, 0.717) is 35.6 Å². The van der Waals surface area contributed by atoms with Gasteiger partial charge in [-0.3, -0.25) is 9.79 Å². The number of aliphatic imine (C=N–C) groups is 1. The smallest absolute Gasteiger partial charge is 0.251 e. The summed E-state index contributed by atoms with van der Waals surface area (Å²) in [6, 6.07) is 6.81. The molecule has 28 heavy (non-hydrogen) atoms. The van der Waals surface area contributed by atoms with Crippen molar-refractivity contribution in [2.24, 2.45) is 10.9 Å². The number of guanidine groups is 1. The van der Waals surface area contributed by atoms with E-state index >= 15 is 0 Å². The zero-order chi connectivity index (χ0) is 20.0. The van der Waals surface area contributed by atoms with E-state index in [9.17, 15) is 4.79 Å². The van der Waals surface area contributed by atoms with Gasteiger partial charge in [-0.2, -0.15) is 0 Å². The lowest BCUT2D eigenvalue weighted by molar-refractivity contribution is 0.0203. The minimum absolute atomic E-state index is 0.122. The van der Waals surface area contributed by atoms with E-state index in [0.717, 1.165) is 52.2 Å². The molecule has 0 bridgehead atoms. The standard InChI is InChI=1S/C20H31ClN4O3/c1-22-20(24-9-2-12-28-15-16-7-13-27-14-8-16)25-11-10-23-19(26)17-3-5-18(21)6-4-17/h3-6,16H,2,7-15H2,1H3,(H,23,26)(H2,22,24,25). The van der Waals surface area contributed by atoms with Gasteiger partial charge in [0.05, 0.1) is 0 Å². The molecule has 3 N–H and O–H groups in total. The molecule has 1 aliphatic heterocycles. The average Bonchev–Trinajstić information content (AvgIpc) is 2.73. The van der Waals surface area contributed by atoms with Crippen LogP contribution in [0.1, 0.15) is 29.6 Å². The van der Waals surface area contributed by atoms with E-state index in [1.54, 1.807) is 31.3 Å². The van der Waals surface area contributed by atoms with E-state index in [2.05, 4.69) is 20.9 Å². The molecule has 1 aromatic carbocycles. The Kier molecular flexibility index (Phi) is 10.7. The fourth-order valence-electron chi connectivity index (χ4n) is 2.82. The predicted molar refractivity (Wildman–Crippen MR) is 112 cm³/mol. The number of halogens is 1. The Morgan fingerprint density at radius 1 is 1.14 bits per heavy atom. The molecule has 0 aromatic heterocycles. The van der Waals surface area contributed by atoms with E-state index in [1.807, 2.05) is 0 Å². The second-order valence-electron chi connectivity index (χ2n) is 6.67.